The molecule has 0 spiro atoms. The lowest BCUT2D eigenvalue weighted by molar-refractivity contribution is 0.0952. The van der Waals surface area contributed by atoms with E-state index in [0.29, 0.717) is 24.4 Å². The van der Waals surface area contributed by atoms with Crippen LogP contribution < -0.4 is 5.32 Å². The molecule has 0 heterocycles. The highest BCUT2D eigenvalue weighted by molar-refractivity contribution is 6.33. The van der Waals surface area contributed by atoms with Gasteiger partial charge in [0, 0.05) is 13.2 Å². The molecule has 88 valence electrons. The predicted octanol–water partition coefficient (Wildman–Crippen LogP) is 1.55. The van der Waals surface area contributed by atoms with E-state index in [4.69, 9.17) is 16.7 Å². The van der Waals surface area contributed by atoms with Crippen molar-refractivity contribution in [2.24, 2.45) is 0 Å². The third-order valence-electron chi connectivity index (χ3n) is 2.07. The molecule has 0 fully saturated rings. The minimum atomic E-state index is -0.321. The number of aromatic hydroxyl groups is 1. The number of carbonyl (C=O) groups is 1. The number of unbranched alkanes of at least 4 members (excludes halogenated alkanes) is 1. The second-order valence-corrected chi connectivity index (χ2v) is 3.76. The van der Waals surface area contributed by atoms with Crippen LogP contribution in [0.5, 0.6) is 5.75 Å². The molecule has 1 aromatic rings. The van der Waals surface area contributed by atoms with E-state index in [-0.39, 0.29) is 23.8 Å². The van der Waals surface area contributed by atoms with Crippen LogP contribution in [-0.2, 0) is 0 Å². The fourth-order valence-electron chi connectivity index (χ4n) is 1.22. The number of aliphatic hydroxyl groups excluding tert-OH is 1. The van der Waals surface area contributed by atoms with Gasteiger partial charge in [-0.05, 0) is 31.0 Å². The summed E-state index contributed by atoms with van der Waals surface area (Å²) < 4.78 is 0. The number of benzene rings is 1. The van der Waals surface area contributed by atoms with Gasteiger partial charge in [0.2, 0.25) is 0 Å². The van der Waals surface area contributed by atoms with E-state index < -0.39 is 0 Å². The van der Waals surface area contributed by atoms with E-state index in [9.17, 15) is 9.90 Å². The molecule has 5 heteroatoms. The average molecular weight is 244 g/mol. The van der Waals surface area contributed by atoms with Crippen molar-refractivity contribution in [2.75, 3.05) is 13.2 Å². The first-order valence-corrected chi connectivity index (χ1v) is 5.40. The largest absolute Gasteiger partial charge is 0.508 e. The van der Waals surface area contributed by atoms with Crippen LogP contribution in [0.25, 0.3) is 0 Å². The molecular weight excluding hydrogens is 230 g/mol. The zero-order chi connectivity index (χ0) is 12.0. The summed E-state index contributed by atoms with van der Waals surface area (Å²) in [6.07, 6.45) is 1.35. The standard InChI is InChI=1S/C11H14ClNO3/c12-10-4-3-8(15)7-9(10)11(16)13-5-1-2-6-14/h3-4,7,14-15H,1-2,5-6H2,(H,13,16). The minimum Gasteiger partial charge on any atom is -0.508 e. The van der Waals surface area contributed by atoms with Crippen LogP contribution in [0, 0.1) is 0 Å². The smallest absolute Gasteiger partial charge is 0.252 e. The van der Waals surface area contributed by atoms with E-state index in [0.717, 1.165) is 0 Å². The topological polar surface area (TPSA) is 69.6 Å². The first-order chi connectivity index (χ1) is 7.65. The van der Waals surface area contributed by atoms with Gasteiger partial charge in [0.05, 0.1) is 10.6 Å². The van der Waals surface area contributed by atoms with Gasteiger partial charge in [-0.1, -0.05) is 11.6 Å². The average Bonchev–Trinajstić information content (AvgIpc) is 2.27. The van der Waals surface area contributed by atoms with Crippen molar-refractivity contribution in [3.63, 3.8) is 0 Å². The molecule has 16 heavy (non-hydrogen) atoms. The summed E-state index contributed by atoms with van der Waals surface area (Å²) in [6, 6.07) is 4.22. The summed E-state index contributed by atoms with van der Waals surface area (Å²) in [7, 11) is 0. The zero-order valence-corrected chi connectivity index (χ0v) is 9.50. The molecule has 1 amide bonds. The van der Waals surface area contributed by atoms with Crippen LogP contribution in [-0.4, -0.2) is 29.3 Å². The third kappa shape index (κ3) is 3.72. The predicted molar refractivity (Wildman–Crippen MR) is 61.8 cm³/mol. The Hall–Kier alpha value is -1.26. The number of hydrogen-bond donors (Lipinski definition) is 3. The maximum absolute atomic E-state index is 11.6. The molecule has 1 rings (SSSR count). The van der Waals surface area contributed by atoms with Crippen molar-refractivity contribution in [1.82, 2.24) is 5.32 Å². The molecule has 0 aliphatic heterocycles. The van der Waals surface area contributed by atoms with Crippen LogP contribution >= 0.6 is 11.6 Å². The van der Waals surface area contributed by atoms with E-state index in [1.807, 2.05) is 0 Å². The monoisotopic (exact) mass is 243 g/mol. The number of phenolic OH excluding ortho intramolecular Hbond substituents is 1. The van der Waals surface area contributed by atoms with Crippen LogP contribution in [0.4, 0.5) is 0 Å². The Bertz CT molecular complexity index is 368. The van der Waals surface area contributed by atoms with Gasteiger partial charge in [0.15, 0.2) is 0 Å². The van der Waals surface area contributed by atoms with Crippen LogP contribution in [0.1, 0.15) is 23.2 Å². The number of carbonyl (C=O) groups excluding carboxylic acids is 1. The SMILES string of the molecule is O=C(NCCCCO)c1cc(O)ccc1Cl. The fourth-order valence-corrected chi connectivity index (χ4v) is 1.42. The summed E-state index contributed by atoms with van der Waals surface area (Å²) in [5, 5.41) is 20.7. The van der Waals surface area contributed by atoms with Gasteiger partial charge in [0.1, 0.15) is 5.75 Å². The maximum Gasteiger partial charge on any atom is 0.252 e. The molecule has 0 atom stereocenters. The lowest BCUT2D eigenvalue weighted by Gasteiger charge is -2.06. The van der Waals surface area contributed by atoms with Gasteiger partial charge < -0.3 is 15.5 Å². The molecule has 0 aromatic heterocycles. The molecule has 4 nitrogen and oxygen atoms in total. The molecule has 0 unspecified atom stereocenters. The van der Waals surface area contributed by atoms with Crippen molar-refractivity contribution in [2.45, 2.75) is 12.8 Å². The van der Waals surface area contributed by atoms with Gasteiger partial charge in [-0.15, -0.1) is 0 Å². The summed E-state index contributed by atoms with van der Waals surface area (Å²) in [5.41, 5.74) is 0.255. The normalized spacial score (nSPS) is 10.1. The lowest BCUT2D eigenvalue weighted by atomic mass is 10.2. The fraction of sp³-hybridized carbons (Fsp3) is 0.364. The molecule has 0 aliphatic carbocycles. The Morgan fingerprint density at radius 1 is 1.38 bits per heavy atom. The highest BCUT2D eigenvalue weighted by Gasteiger charge is 2.10. The van der Waals surface area contributed by atoms with Gasteiger partial charge >= 0.3 is 0 Å². The summed E-state index contributed by atoms with van der Waals surface area (Å²) in [6.45, 7) is 0.591. The number of phenols is 1. The van der Waals surface area contributed by atoms with Crippen molar-refractivity contribution < 1.29 is 15.0 Å². The number of rotatable bonds is 5. The number of hydrogen-bond acceptors (Lipinski definition) is 3. The highest BCUT2D eigenvalue weighted by Crippen LogP contribution is 2.20. The van der Waals surface area contributed by atoms with Gasteiger partial charge in [0.25, 0.3) is 5.91 Å². The highest BCUT2D eigenvalue weighted by atomic mass is 35.5. The van der Waals surface area contributed by atoms with Crippen LogP contribution in [0.3, 0.4) is 0 Å². The van der Waals surface area contributed by atoms with Crippen molar-refractivity contribution >= 4 is 17.5 Å². The minimum absolute atomic E-state index is 0.00454. The second kappa shape index (κ2) is 6.35. The first-order valence-electron chi connectivity index (χ1n) is 5.02. The molecule has 0 saturated carbocycles. The van der Waals surface area contributed by atoms with E-state index in [1.54, 1.807) is 0 Å². The van der Waals surface area contributed by atoms with Crippen molar-refractivity contribution in [3.8, 4) is 5.75 Å². The van der Waals surface area contributed by atoms with Crippen LogP contribution in [0.15, 0.2) is 18.2 Å². The molecule has 0 bridgehead atoms. The Morgan fingerprint density at radius 3 is 2.81 bits per heavy atom. The number of amides is 1. The Labute approximate surface area is 98.9 Å². The molecule has 0 saturated heterocycles. The summed E-state index contributed by atoms with van der Waals surface area (Å²) in [4.78, 5) is 11.6. The van der Waals surface area contributed by atoms with Crippen molar-refractivity contribution in [3.05, 3.63) is 28.8 Å². The molecule has 1 aromatic carbocycles. The van der Waals surface area contributed by atoms with E-state index in [1.165, 1.54) is 18.2 Å². The Morgan fingerprint density at radius 2 is 2.12 bits per heavy atom. The quantitative estimate of drug-likeness (QED) is 0.688. The first kappa shape index (κ1) is 12.8. The third-order valence-corrected chi connectivity index (χ3v) is 2.39. The van der Waals surface area contributed by atoms with Gasteiger partial charge in [-0.2, -0.15) is 0 Å². The molecule has 3 N–H and O–H groups in total. The van der Waals surface area contributed by atoms with Gasteiger partial charge in [-0.3, -0.25) is 4.79 Å². The number of halogens is 1. The molecule has 0 aliphatic rings. The molecule has 0 radical (unpaired) electrons. The Kier molecular flexibility index (Phi) is 5.08. The van der Waals surface area contributed by atoms with E-state index >= 15 is 0 Å². The van der Waals surface area contributed by atoms with E-state index in [2.05, 4.69) is 5.32 Å². The second-order valence-electron chi connectivity index (χ2n) is 3.35. The maximum atomic E-state index is 11.6. The molecular formula is C11H14ClNO3. The number of aliphatic hydroxyl groups is 1. The van der Waals surface area contributed by atoms with Crippen molar-refractivity contribution in [1.29, 1.82) is 0 Å². The Balaban J connectivity index is 2.55. The van der Waals surface area contributed by atoms with Crippen LogP contribution in [0.2, 0.25) is 5.02 Å². The van der Waals surface area contributed by atoms with Gasteiger partial charge in [-0.25, -0.2) is 0 Å². The lowest BCUT2D eigenvalue weighted by Crippen LogP contribution is -2.24. The zero-order valence-electron chi connectivity index (χ0n) is 8.74. The summed E-state index contributed by atoms with van der Waals surface area (Å²) >= 11 is 5.82. The number of nitrogens with one attached hydrogen (secondary N) is 1. The summed E-state index contributed by atoms with van der Waals surface area (Å²) in [5.74, 6) is -0.316.